The van der Waals surface area contributed by atoms with Crippen molar-refractivity contribution in [2.75, 3.05) is 0 Å². The number of carbonyl (C=O) groups is 1. The van der Waals surface area contributed by atoms with E-state index >= 15 is 0 Å². The fourth-order valence-corrected chi connectivity index (χ4v) is 2.13. The molecule has 1 aliphatic heterocycles. The summed E-state index contributed by atoms with van der Waals surface area (Å²) >= 11 is 0. The first-order valence-electron chi connectivity index (χ1n) is 6.98. The molecule has 1 aromatic carbocycles. The summed E-state index contributed by atoms with van der Waals surface area (Å²) in [5, 5.41) is 8.65. The lowest BCUT2D eigenvalue weighted by molar-refractivity contribution is -0.136. The van der Waals surface area contributed by atoms with Gasteiger partial charge in [-0.3, -0.25) is 4.79 Å². The van der Waals surface area contributed by atoms with Crippen molar-refractivity contribution in [3.63, 3.8) is 0 Å². The molecule has 0 spiro atoms. The number of hydrogen-bond acceptors (Lipinski definition) is 3. The fraction of sp³-hybridized carbons (Fsp3) is 0.533. The van der Waals surface area contributed by atoms with E-state index in [9.17, 15) is 9.18 Å². The summed E-state index contributed by atoms with van der Waals surface area (Å²) in [5.74, 6) is -1.37. The highest BCUT2D eigenvalue weighted by molar-refractivity contribution is 6.62. The smallest absolute Gasteiger partial charge is 0.481 e. The molecule has 114 valence electrons. The van der Waals surface area contributed by atoms with Crippen LogP contribution in [-0.2, 0) is 20.5 Å². The van der Waals surface area contributed by atoms with Gasteiger partial charge in [0.05, 0.1) is 11.2 Å². The second-order valence-electron chi connectivity index (χ2n) is 6.33. The van der Waals surface area contributed by atoms with Gasteiger partial charge in [-0.05, 0) is 51.2 Å². The molecule has 0 saturated carbocycles. The van der Waals surface area contributed by atoms with Gasteiger partial charge < -0.3 is 14.4 Å². The van der Waals surface area contributed by atoms with Crippen LogP contribution in [0, 0.1) is 5.82 Å². The standard InChI is InChI=1S/C15H20BFO4/c1-14(2)15(3,4)21-16(20-14)11-7-5-10(12(17)9-11)6-8-13(18)19/h5,7,9H,6,8H2,1-4H3,(H,18,19). The topological polar surface area (TPSA) is 55.8 Å². The zero-order valence-electron chi connectivity index (χ0n) is 12.8. The summed E-state index contributed by atoms with van der Waals surface area (Å²) in [6.07, 6.45) is 0.0809. The largest absolute Gasteiger partial charge is 0.494 e. The van der Waals surface area contributed by atoms with Crippen molar-refractivity contribution in [3.8, 4) is 0 Å². The van der Waals surface area contributed by atoms with E-state index in [1.54, 1.807) is 12.1 Å². The van der Waals surface area contributed by atoms with Crippen LogP contribution in [0.1, 0.15) is 39.7 Å². The van der Waals surface area contributed by atoms with Crippen LogP contribution in [0.2, 0.25) is 0 Å². The highest BCUT2D eigenvalue weighted by Gasteiger charge is 2.51. The van der Waals surface area contributed by atoms with Crippen molar-refractivity contribution in [3.05, 3.63) is 29.6 Å². The molecule has 0 amide bonds. The van der Waals surface area contributed by atoms with E-state index in [4.69, 9.17) is 14.4 Å². The number of hydrogen-bond donors (Lipinski definition) is 1. The van der Waals surface area contributed by atoms with Crippen LogP contribution in [0.4, 0.5) is 4.39 Å². The summed E-state index contributed by atoms with van der Waals surface area (Å²) in [5.41, 5.74) is 0.0366. The zero-order valence-corrected chi connectivity index (χ0v) is 12.8. The normalized spacial score (nSPS) is 19.8. The quantitative estimate of drug-likeness (QED) is 0.864. The van der Waals surface area contributed by atoms with E-state index in [1.165, 1.54) is 6.07 Å². The van der Waals surface area contributed by atoms with Crippen LogP contribution >= 0.6 is 0 Å². The van der Waals surface area contributed by atoms with Gasteiger partial charge in [-0.2, -0.15) is 0 Å². The van der Waals surface area contributed by atoms with Crippen molar-refractivity contribution in [2.45, 2.75) is 51.7 Å². The minimum Gasteiger partial charge on any atom is -0.481 e. The van der Waals surface area contributed by atoms with Gasteiger partial charge in [0, 0.05) is 6.42 Å². The molecule has 0 unspecified atom stereocenters. The van der Waals surface area contributed by atoms with E-state index in [-0.39, 0.29) is 12.8 Å². The maximum atomic E-state index is 14.0. The Labute approximate surface area is 124 Å². The predicted molar refractivity (Wildman–Crippen MR) is 78.1 cm³/mol. The molecule has 0 radical (unpaired) electrons. The average Bonchev–Trinajstić information content (AvgIpc) is 2.56. The monoisotopic (exact) mass is 294 g/mol. The Bertz CT molecular complexity index is 541. The number of carboxylic acids is 1. The van der Waals surface area contributed by atoms with Gasteiger partial charge in [-0.15, -0.1) is 0 Å². The number of rotatable bonds is 4. The van der Waals surface area contributed by atoms with E-state index in [0.29, 0.717) is 11.0 Å². The van der Waals surface area contributed by atoms with Crippen LogP contribution in [0.3, 0.4) is 0 Å². The Morgan fingerprint density at radius 3 is 2.29 bits per heavy atom. The third kappa shape index (κ3) is 3.27. The lowest BCUT2D eigenvalue weighted by Gasteiger charge is -2.32. The Morgan fingerprint density at radius 1 is 1.24 bits per heavy atom. The van der Waals surface area contributed by atoms with Gasteiger partial charge in [0.15, 0.2) is 0 Å². The number of halogens is 1. The summed E-state index contributed by atoms with van der Waals surface area (Å²) < 4.78 is 25.8. The molecule has 1 N–H and O–H groups in total. The molecule has 1 aromatic rings. The lowest BCUT2D eigenvalue weighted by Crippen LogP contribution is -2.41. The van der Waals surface area contributed by atoms with Crippen LogP contribution in [-0.4, -0.2) is 29.4 Å². The summed E-state index contributed by atoms with van der Waals surface area (Å²) in [7, 11) is -0.613. The van der Waals surface area contributed by atoms with Crippen molar-refractivity contribution in [1.29, 1.82) is 0 Å². The Kier molecular flexibility index (Phi) is 4.13. The van der Waals surface area contributed by atoms with Crippen molar-refractivity contribution in [1.82, 2.24) is 0 Å². The highest BCUT2D eigenvalue weighted by atomic mass is 19.1. The van der Waals surface area contributed by atoms with E-state index in [0.717, 1.165) is 0 Å². The first-order chi connectivity index (χ1) is 9.62. The van der Waals surface area contributed by atoms with E-state index in [1.807, 2.05) is 27.7 Å². The minimum absolute atomic E-state index is 0.0905. The Hall–Kier alpha value is -1.40. The minimum atomic E-state index is -0.940. The fourth-order valence-electron chi connectivity index (χ4n) is 2.13. The summed E-state index contributed by atoms with van der Waals surface area (Å²) in [6.45, 7) is 7.74. The molecular weight excluding hydrogens is 274 g/mol. The number of carboxylic acid groups (broad SMARTS) is 1. The molecule has 2 rings (SSSR count). The van der Waals surface area contributed by atoms with Crippen molar-refractivity contribution in [2.24, 2.45) is 0 Å². The van der Waals surface area contributed by atoms with Gasteiger partial charge >= 0.3 is 13.1 Å². The second kappa shape index (κ2) is 5.42. The van der Waals surface area contributed by atoms with Gasteiger partial charge in [0.1, 0.15) is 5.82 Å². The molecule has 0 atom stereocenters. The van der Waals surface area contributed by atoms with Crippen molar-refractivity contribution >= 4 is 18.6 Å². The lowest BCUT2D eigenvalue weighted by atomic mass is 9.78. The highest BCUT2D eigenvalue weighted by Crippen LogP contribution is 2.36. The van der Waals surface area contributed by atoms with Gasteiger partial charge in [-0.1, -0.05) is 12.1 Å². The predicted octanol–water partition coefficient (Wildman–Crippen LogP) is 2.14. The molecule has 1 fully saturated rings. The molecule has 0 bridgehead atoms. The third-order valence-corrected chi connectivity index (χ3v) is 4.21. The Balaban J connectivity index is 2.16. The zero-order chi connectivity index (χ0) is 15.8. The first kappa shape index (κ1) is 16.0. The van der Waals surface area contributed by atoms with Gasteiger partial charge in [0.2, 0.25) is 0 Å². The number of aliphatic carboxylic acids is 1. The van der Waals surface area contributed by atoms with Crippen LogP contribution < -0.4 is 5.46 Å². The molecule has 1 heterocycles. The maximum Gasteiger partial charge on any atom is 0.494 e. The number of benzene rings is 1. The van der Waals surface area contributed by atoms with Crippen LogP contribution in [0.25, 0.3) is 0 Å². The van der Waals surface area contributed by atoms with Crippen molar-refractivity contribution < 1.29 is 23.6 Å². The molecule has 0 aliphatic carbocycles. The summed E-state index contributed by atoms with van der Waals surface area (Å²) in [6, 6.07) is 4.68. The first-order valence-corrected chi connectivity index (χ1v) is 6.98. The second-order valence-corrected chi connectivity index (χ2v) is 6.33. The molecular formula is C15H20BFO4. The van der Waals surface area contributed by atoms with E-state index in [2.05, 4.69) is 0 Å². The van der Waals surface area contributed by atoms with Crippen LogP contribution in [0.15, 0.2) is 18.2 Å². The number of aryl methyl sites for hydroxylation is 1. The molecule has 1 saturated heterocycles. The molecule has 6 heteroatoms. The molecule has 1 aliphatic rings. The Morgan fingerprint density at radius 2 is 1.81 bits per heavy atom. The average molecular weight is 294 g/mol. The van der Waals surface area contributed by atoms with Crippen LogP contribution in [0.5, 0.6) is 0 Å². The van der Waals surface area contributed by atoms with Gasteiger partial charge in [-0.25, -0.2) is 4.39 Å². The van der Waals surface area contributed by atoms with E-state index < -0.39 is 30.1 Å². The molecule has 4 nitrogen and oxygen atoms in total. The third-order valence-electron chi connectivity index (χ3n) is 4.21. The SMILES string of the molecule is CC1(C)OB(c2ccc(CCC(=O)O)c(F)c2)OC1(C)C. The summed E-state index contributed by atoms with van der Waals surface area (Å²) in [4.78, 5) is 10.5. The van der Waals surface area contributed by atoms with Gasteiger partial charge in [0.25, 0.3) is 0 Å². The molecule has 0 aromatic heterocycles. The maximum absolute atomic E-state index is 14.0. The molecule has 21 heavy (non-hydrogen) atoms.